The van der Waals surface area contributed by atoms with Crippen molar-refractivity contribution in [3.8, 4) is 5.75 Å². The molecule has 0 spiro atoms. The number of carbonyl (C=O) groups is 2. The molecule has 8 nitrogen and oxygen atoms in total. The van der Waals surface area contributed by atoms with E-state index >= 15 is 0 Å². The molecule has 1 amide bonds. The van der Waals surface area contributed by atoms with E-state index in [-0.39, 0.29) is 17.0 Å². The lowest BCUT2D eigenvalue weighted by molar-refractivity contribution is -0.385. The number of carboxylic acids is 1. The van der Waals surface area contributed by atoms with Crippen molar-refractivity contribution >= 4 is 23.3 Å². The predicted molar refractivity (Wildman–Crippen MR) is 93.2 cm³/mol. The van der Waals surface area contributed by atoms with Crippen molar-refractivity contribution in [2.24, 2.45) is 0 Å². The molecule has 0 aromatic heterocycles. The van der Waals surface area contributed by atoms with Crippen LogP contribution >= 0.6 is 0 Å². The molecule has 25 heavy (non-hydrogen) atoms. The molecule has 0 aliphatic carbocycles. The maximum Gasteiger partial charge on any atom is 0.338 e. The SMILES string of the molecule is CCCCCCCCOc1cc(NC(C)=O)c(C(=O)O)cc1[N+](=O)[O-]. The minimum atomic E-state index is -1.37. The van der Waals surface area contributed by atoms with E-state index in [9.17, 15) is 24.8 Å². The second-order valence-corrected chi connectivity index (χ2v) is 5.73. The molecule has 0 aliphatic heterocycles. The normalized spacial score (nSPS) is 10.3. The Labute approximate surface area is 146 Å². The Morgan fingerprint density at radius 2 is 1.84 bits per heavy atom. The minimum absolute atomic E-state index is 0.0245. The van der Waals surface area contributed by atoms with Crippen LogP contribution < -0.4 is 10.1 Å². The van der Waals surface area contributed by atoms with Gasteiger partial charge >= 0.3 is 11.7 Å². The number of nitro groups is 1. The molecule has 1 aromatic rings. The number of ether oxygens (including phenoxy) is 1. The summed E-state index contributed by atoms with van der Waals surface area (Å²) in [5.74, 6) is -1.89. The van der Waals surface area contributed by atoms with Crippen molar-refractivity contribution < 1.29 is 24.4 Å². The molecule has 0 heterocycles. The molecule has 138 valence electrons. The van der Waals surface area contributed by atoms with E-state index in [1.54, 1.807) is 0 Å². The third kappa shape index (κ3) is 6.78. The summed E-state index contributed by atoms with van der Waals surface area (Å²) in [7, 11) is 0. The van der Waals surface area contributed by atoms with Crippen molar-refractivity contribution in [1.82, 2.24) is 0 Å². The maximum atomic E-state index is 11.3. The zero-order valence-corrected chi connectivity index (χ0v) is 14.5. The van der Waals surface area contributed by atoms with Crippen LogP contribution in [0.3, 0.4) is 0 Å². The van der Waals surface area contributed by atoms with Crippen molar-refractivity contribution in [1.29, 1.82) is 0 Å². The molecule has 0 saturated carbocycles. The molecule has 8 heteroatoms. The molecule has 1 aromatic carbocycles. The van der Waals surface area contributed by atoms with Crippen LogP contribution in [0.15, 0.2) is 12.1 Å². The third-order valence-electron chi connectivity index (χ3n) is 3.59. The highest BCUT2D eigenvalue weighted by Crippen LogP contribution is 2.33. The molecule has 1 rings (SSSR count). The van der Waals surface area contributed by atoms with Gasteiger partial charge < -0.3 is 15.2 Å². The van der Waals surface area contributed by atoms with Crippen LogP contribution in [-0.2, 0) is 4.79 Å². The number of carbonyl (C=O) groups excluding carboxylic acids is 1. The van der Waals surface area contributed by atoms with Gasteiger partial charge in [0.15, 0.2) is 5.75 Å². The van der Waals surface area contributed by atoms with Crippen LogP contribution in [0.1, 0.15) is 62.7 Å². The van der Waals surface area contributed by atoms with Crippen molar-refractivity contribution in [3.63, 3.8) is 0 Å². The van der Waals surface area contributed by atoms with E-state index in [1.165, 1.54) is 19.4 Å². The summed E-state index contributed by atoms with van der Waals surface area (Å²) in [6, 6.07) is 2.10. The number of aromatic carboxylic acids is 1. The van der Waals surface area contributed by atoms with E-state index in [2.05, 4.69) is 12.2 Å². The monoisotopic (exact) mass is 352 g/mol. The first kappa shape index (κ1) is 20.4. The van der Waals surface area contributed by atoms with Gasteiger partial charge in [-0.2, -0.15) is 0 Å². The highest BCUT2D eigenvalue weighted by Gasteiger charge is 2.23. The van der Waals surface area contributed by atoms with Gasteiger partial charge in [-0.1, -0.05) is 39.0 Å². The smallest absolute Gasteiger partial charge is 0.338 e. The summed E-state index contributed by atoms with van der Waals surface area (Å²) in [5, 5.41) is 22.7. The van der Waals surface area contributed by atoms with E-state index in [0.717, 1.165) is 38.2 Å². The van der Waals surface area contributed by atoms with Crippen molar-refractivity contribution in [2.45, 2.75) is 52.4 Å². The quantitative estimate of drug-likeness (QED) is 0.353. The van der Waals surface area contributed by atoms with Gasteiger partial charge in [-0.15, -0.1) is 0 Å². The number of nitrogens with zero attached hydrogens (tertiary/aromatic N) is 1. The summed E-state index contributed by atoms with van der Waals surface area (Å²) >= 11 is 0. The van der Waals surface area contributed by atoms with Gasteiger partial charge in [0.1, 0.15) is 0 Å². The molecule has 0 unspecified atom stereocenters. The molecule has 0 bridgehead atoms. The Morgan fingerprint density at radius 3 is 2.40 bits per heavy atom. The fourth-order valence-corrected chi connectivity index (χ4v) is 2.36. The van der Waals surface area contributed by atoms with Crippen LogP contribution in [0.2, 0.25) is 0 Å². The maximum absolute atomic E-state index is 11.3. The summed E-state index contributed by atoms with van der Waals surface area (Å²) in [6.07, 6.45) is 6.27. The number of amides is 1. The van der Waals surface area contributed by atoms with Crippen LogP contribution in [0.4, 0.5) is 11.4 Å². The molecule has 0 atom stereocenters. The molecule has 0 radical (unpaired) electrons. The second-order valence-electron chi connectivity index (χ2n) is 5.73. The van der Waals surface area contributed by atoms with Gasteiger partial charge in [-0.05, 0) is 6.42 Å². The predicted octanol–water partition coefficient (Wildman–Crippen LogP) is 3.99. The van der Waals surface area contributed by atoms with Gasteiger partial charge in [0.25, 0.3) is 0 Å². The van der Waals surface area contributed by atoms with Gasteiger partial charge in [0.05, 0.1) is 22.8 Å². The highest BCUT2D eigenvalue weighted by atomic mass is 16.6. The van der Waals surface area contributed by atoms with Crippen molar-refractivity contribution in [3.05, 3.63) is 27.8 Å². The van der Waals surface area contributed by atoms with Crippen LogP contribution in [0.25, 0.3) is 0 Å². The lowest BCUT2D eigenvalue weighted by Gasteiger charge is -2.11. The standard InChI is InChI=1S/C17H24N2O6/c1-3-4-5-6-7-8-9-25-16-11-14(18-12(2)20)13(17(21)22)10-15(16)19(23)24/h10-11H,3-9H2,1-2H3,(H,18,20)(H,21,22). The van der Waals surface area contributed by atoms with Gasteiger partial charge in [0.2, 0.25) is 5.91 Å². The number of benzene rings is 1. The molecule has 0 aliphatic rings. The Hall–Kier alpha value is -2.64. The Kier molecular flexibility index (Phi) is 8.38. The molecule has 2 N–H and O–H groups in total. The average molecular weight is 352 g/mol. The second kappa shape index (κ2) is 10.3. The summed E-state index contributed by atoms with van der Waals surface area (Å²) in [5.41, 5.74) is -0.810. The number of unbranched alkanes of at least 4 members (excludes halogenated alkanes) is 5. The van der Waals surface area contributed by atoms with Crippen molar-refractivity contribution in [2.75, 3.05) is 11.9 Å². The van der Waals surface area contributed by atoms with Gasteiger partial charge in [-0.25, -0.2) is 4.79 Å². The fourth-order valence-electron chi connectivity index (χ4n) is 2.36. The van der Waals surface area contributed by atoms with Gasteiger partial charge in [0, 0.05) is 19.1 Å². The molecular weight excluding hydrogens is 328 g/mol. The first-order valence-electron chi connectivity index (χ1n) is 8.33. The number of nitro benzene ring substituents is 1. The number of rotatable bonds is 11. The number of hydrogen-bond acceptors (Lipinski definition) is 5. The third-order valence-corrected chi connectivity index (χ3v) is 3.59. The largest absolute Gasteiger partial charge is 0.487 e. The first-order valence-corrected chi connectivity index (χ1v) is 8.33. The minimum Gasteiger partial charge on any atom is -0.487 e. The topological polar surface area (TPSA) is 119 Å². The number of anilines is 1. The number of nitrogens with one attached hydrogen (secondary N) is 1. The van der Waals surface area contributed by atoms with Crippen LogP contribution in [0, 0.1) is 10.1 Å². The lowest BCUT2D eigenvalue weighted by atomic mass is 10.1. The summed E-state index contributed by atoms with van der Waals surface area (Å²) in [6.45, 7) is 3.65. The summed E-state index contributed by atoms with van der Waals surface area (Å²) < 4.78 is 5.48. The van der Waals surface area contributed by atoms with Gasteiger partial charge in [-0.3, -0.25) is 14.9 Å². The van der Waals surface area contributed by atoms with E-state index in [4.69, 9.17) is 4.74 Å². The fraction of sp³-hybridized carbons (Fsp3) is 0.529. The first-order chi connectivity index (χ1) is 11.9. The Morgan fingerprint density at radius 1 is 1.20 bits per heavy atom. The lowest BCUT2D eigenvalue weighted by Crippen LogP contribution is -2.12. The zero-order valence-electron chi connectivity index (χ0n) is 14.5. The van der Waals surface area contributed by atoms with E-state index in [1.807, 2.05) is 0 Å². The van der Waals surface area contributed by atoms with E-state index in [0.29, 0.717) is 6.61 Å². The number of carboxylic acid groups (broad SMARTS) is 1. The zero-order chi connectivity index (χ0) is 18.8. The molecular formula is C17H24N2O6. The molecule has 0 saturated heterocycles. The average Bonchev–Trinajstić information content (AvgIpc) is 2.52. The van der Waals surface area contributed by atoms with E-state index < -0.39 is 22.5 Å². The summed E-state index contributed by atoms with van der Waals surface area (Å²) in [4.78, 5) is 33.0. The Bertz CT molecular complexity index is 630. The Balaban J connectivity index is 2.87. The number of hydrogen-bond donors (Lipinski definition) is 2. The van der Waals surface area contributed by atoms with Crippen LogP contribution in [-0.4, -0.2) is 28.5 Å². The van der Waals surface area contributed by atoms with Crippen LogP contribution in [0.5, 0.6) is 5.75 Å². The molecule has 0 fully saturated rings. The highest BCUT2D eigenvalue weighted by molar-refractivity contribution is 6.01.